The van der Waals surface area contributed by atoms with Crippen LogP contribution in [0.2, 0.25) is 0 Å². The van der Waals surface area contributed by atoms with Crippen LogP contribution in [0.25, 0.3) is 0 Å². The number of aromatic nitrogens is 1. The fourth-order valence-electron chi connectivity index (χ4n) is 2.19. The van der Waals surface area contributed by atoms with Gasteiger partial charge in [0.05, 0.1) is 16.7 Å². The van der Waals surface area contributed by atoms with Crippen LogP contribution in [0.4, 0.5) is 5.69 Å². The molecule has 0 aliphatic carbocycles. The molecule has 0 aliphatic heterocycles. The molecule has 0 radical (unpaired) electrons. The average molecular weight is 317 g/mol. The van der Waals surface area contributed by atoms with Crippen molar-refractivity contribution in [2.45, 2.75) is 33.7 Å². The third kappa shape index (κ3) is 3.92. The molecule has 1 atom stereocenters. The first-order valence-electron chi connectivity index (χ1n) is 6.99. The lowest BCUT2D eigenvalue weighted by Crippen LogP contribution is -2.36. The number of carbonyl (C=O) groups is 2. The zero-order chi connectivity index (χ0) is 16.3. The zero-order valence-corrected chi connectivity index (χ0v) is 13.9. The van der Waals surface area contributed by atoms with Gasteiger partial charge in [0.2, 0.25) is 0 Å². The molecule has 1 aromatic carbocycles. The van der Waals surface area contributed by atoms with Crippen LogP contribution in [0.1, 0.15) is 34.1 Å². The van der Waals surface area contributed by atoms with Crippen molar-refractivity contribution in [1.29, 1.82) is 0 Å². The quantitative estimate of drug-likeness (QED) is 0.855. The average Bonchev–Trinajstić information content (AvgIpc) is 2.77. The number of thiazole rings is 1. The molecule has 1 aromatic heterocycles. The number of amides is 2. The van der Waals surface area contributed by atoms with Gasteiger partial charge in [-0.3, -0.25) is 9.59 Å². The van der Waals surface area contributed by atoms with Gasteiger partial charge in [-0.05, 0) is 45.4 Å². The standard InChI is InChI=1S/C16H19N3O2S/c1-9-6-5-7-13(8-9)19-16(21)15(20)18-11(3)14-10(2)17-12(4)22-14/h5-8,11H,1-4H3,(H,18,20)(H,19,21). The molecule has 0 aliphatic rings. The van der Waals surface area contributed by atoms with Crippen LogP contribution < -0.4 is 10.6 Å². The van der Waals surface area contributed by atoms with Gasteiger partial charge in [-0.25, -0.2) is 4.98 Å². The lowest BCUT2D eigenvalue weighted by molar-refractivity contribution is -0.136. The van der Waals surface area contributed by atoms with E-state index < -0.39 is 11.8 Å². The molecule has 6 heteroatoms. The maximum Gasteiger partial charge on any atom is 0.313 e. The van der Waals surface area contributed by atoms with Gasteiger partial charge in [0.25, 0.3) is 0 Å². The molecule has 0 fully saturated rings. The molecule has 0 saturated heterocycles. The summed E-state index contributed by atoms with van der Waals surface area (Å²) in [7, 11) is 0. The van der Waals surface area contributed by atoms with E-state index in [2.05, 4.69) is 15.6 Å². The second-order valence-corrected chi connectivity index (χ2v) is 6.44. The van der Waals surface area contributed by atoms with Gasteiger partial charge in [0, 0.05) is 10.6 Å². The molecule has 0 saturated carbocycles. The lowest BCUT2D eigenvalue weighted by atomic mass is 10.2. The van der Waals surface area contributed by atoms with E-state index in [1.54, 1.807) is 6.07 Å². The Morgan fingerprint density at radius 2 is 1.91 bits per heavy atom. The number of carbonyl (C=O) groups excluding carboxylic acids is 2. The summed E-state index contributed by atoms with van der Waals surface area (Å²) in [6.45, 7) is 7.58. The van der Waals surface area contributed by atoms with E-state index >= 15 is 0 Å². The zero-order valence-electron chi connectivity index (χ0n) is 13.1. The molecule has 1 heterocycles. The van der Waals surface area contributed by atoms with Crippen molar-refractivity contribution in [2.75, 3.05) is 5.32 Å². The molecule has 2 aromatic rings. The number of rotatable bonds is 3. The van der Waals surface area contributed by atoms with Gasteiger partial charge >= 0.3 is 11.8 Å². The molecule has 0 bridgehead atoms. The number of anilines is 1. The molecule has 2 rings (SSSR count). The smallest absolute Gasteiger partial charge is 0.313 e. The van der Waals surface area contributed by atoms with E-state index in [1.165, 1.54) is 11.3 Å². The number of nitrogens with one attached hydrogen (secondary N) is 2. The number of nitrogens with zero attached hydrogens (tertiary/aromatic N) is 1. The van der Waals surface area contributed by atoms with Crippen LogP contribution in [0, 0.1) is 20.8 Å². The van der Waals surface area contributed by atoms with Crippen LogP contribution in [0.3, 0.4) is 0 Å². The molecule has 2 amide bonds. The van der Waals surface area contributed by atoms with Gasteiger partial charge < -0.3 is 10.6 Å². The molecule has 5 nitrogen and oxygen atoms in total. The number of benzene rings is 1. The molecule has 1 unspecified atom stereocenters. The van der Waals surface area contributed by atoms with Crippen LogP contribution >= 0.6 is 11.3 Å². The highest BCUT2D eigenvalue weighted by Gasteiger charge is 2.20. The number of aryl methyl sites for hydroxylation is 3. The lowest BCUT2D eigenvalue weighted by Gasteiger charge is -2.13. The third-order valence-corrected chi connectivity index (χ3v) is 4.42. The van der Waals surface area contributed by atoms with Crippen molar-refractivity contribution >= 4 is 28.8 Å². The number of hydrogen-bond acceptors (Lipinski definition) is 4. The maximum atomic E-state index is 12.0. The van der Waals surface area contributed by atoms with Crippen LogP contribution in [0.5, 0.6) is 0 Å². The normalized spacial score (nSPS) is 11.8. The van der Waals surface area contributed by atoms with Crippen LogP contribution in [0.15, 0.2) is 24.3 Å². The van der Waals surface area contributed by atoms with Crippen LogP contribution in [-0.4, -0.2) is 16.8 Å². The van der Waals surface area contributed by atoms with Gasteiger partial charge in [0.1, 0.15) is 0 Å². The second-order valence-electron chi connectivity index (χ2n) is 5.20. The molecular weight excluding hydrogens is 298 g/mol. The van der Waals surface area contributed by atoms with Gasteiger partial charge in [-0.2, -0.15) is 0 Å². The third-order valence-electron chi connectivity index (χ3n) is 3.16. The largest absolute Gasteiger partial charge is 0.340 e. The summed E-state index contributed by atoms with van der Waals surface area (Å²) in [6, 6.07) is 7.06. The minimum Gasteiger partial charge on any atom is -0.340 e. The first-order chi connectivity index (χ1) is 10.4. The Balaban J connectivity index is 1.99. The van der Waals surface area contributed by atoms with Crippen molar-refractivity contribution in [1.82, 2.24) is 10.3 Å². The Kier molecular flexibility index (Phi) is 4.92. The first-order valence-corrected chi connectivity index (χ1v) is 7.81. The minimum absolute atomic E-state index is 0.248. The summed E-state index contributed by atoms with van der Waals surface area (Å²) in [5.41, 5.74) is 2.51. The summed E-state index contributed by atoms with van der Waals surface area (Å²) >= 11 is 1.52. The maximum absolute atomic E-state index is 12.0. The van der Waals surface area contributed by atoms with E-state index in [0.717, 1.165) is 21.1 Å². The predicted molar refractivity (Wildman–Crippen MR) is 88.0 cm³/mol. The van der Waals surface area contributed by atoms with Crippen molar-refractivity contribution in [2.24, 2.45) is 0 Å². The molecule has 22 heavy (non-hydrogen) atoms. The second kappa shape index (κ2) is 6.70. The molecule has 2 N–H and O–H groups in total. The fraction of sp³-hybridized carbons (Fsp3) is 0.312. The van der Waals surface area contributed by atoms with E-state index in [0.29, 0.717) is 5.69 Å². The Hall–Kier alpha value is -2.21. The minimum atomic E-state index is -0.670. The van der Waals surface area contributed by atoms with Crippen LogP contribution in [-0.2, 0) is 9.59 Å². The van der Waals surface area contributed by atoms with Gasteiger partial charge in [-0.15, -0.1) is 11.3 Å². The van der Waals surface area contributed by atoms with E-state index in [1.807, 2.05) is 45.9 Å². The number of hydrogen-bond donors (Lipinski definition) is 2. The predicted octanol–water partition coefficient (Wildman–Crippen LogP) is 2.88. The highest BCUT2D eigenvalue weighted by Crippen LogP contribution is 2.24. The van der Waals surface area contributed by atoms with E-state index in [-0.39, 0.29) is 6.04 Å². The summed E-state index contributed by atoms with van der Waals surface area (Å²) < 4.78 is 0. The Labute approximate surface area is 133 Å². The van der Waals surface area contributed by atoms with E-state index in [9.17, 15) is 9.59 Å². The fourth-order valence-corrected chi connectivity index (χ4v) is 3.12. The Morgan fingerprint density at radius 1 is 1.18 bits per heavy atom. The van der Waals surface area contributed by atoms with Crippen molar-refractivity contribution in [3.05, 3.63) is 45.4 Å². The Bertz CT molecular complexity index is 709. The topological polar surface area (TPSA) is 71.1 Å². The van der Waals surface area contributed by atoms with Crippen molar-refractivity contribution in [3.63, 3.8) is 0 Å². The van der Waals surface area contributed by atoms with Crippen molar-refractivity contribution < 1.29 is 9.59 Å². The first kappa shape index (κ1) is 16.2. The highest BCUT2D eigenvalue weighted by molar-refractivity contribution is 7.11. The van der Waals surface area contributed by atoms with Gasteiger partial charge in [0.15, 0.2) is 0 Å². The summed E-state index contributed by atoms with van der Waals surface area (Å²) in [6.07, 6.45) is 0. The summed E-state index contributed by atoms with van der Waals surface area (Å²) in [5.74, 6) is -1.32. The Morgan fingerprint density at radius 3 is 2.50 bits per heavy atom. The van der Waals surface area contributed by atoms with Gasteiger partial charge in [-0.1, -0.05) is 12.1 Å². The van der Waals surface area contributed by atoms with E-state index in [4.69, 9.17) is 0 Å². The molecule has 116 valence electrons. The summed E-state index contributed by atoms with van der Waals surface area (Å²) in [4.78, 5) is 29.2. The van der Waals surface area contributed by atoms with Crippen molar-refractivity contribution in [3.8, 4) is 0 Å². The SMILES string of the molecule is Cc1cccc(NC(=O)C(=O)NC(C)c2sc(C)nc2C)c1. The monoisotopic (exact) mass is 317 g/mol. The highest BCUT2D eigenvalue weighted by atomic mass is 32.1. The summed E-state index contributed by atoms with van der Waals surface area (Å²) in [5, 5.41) is 6.24. The molecular formula is C16H19N3O2S. The molecule has 0 spiro atoms.